The van der Waals surface area contributed by atoms with Crippen molar-refractivity contribution < 1.29 is 9.53 Å². The Kier molecular flexibility index (Phi) is 4.60. The molecular weight excluding hydrogens is 307 g/mol. The fraction of sp³-hybridized carbons (Fsp3) is 0.235. The molecule has 0 bridgehead atoms. The monoisotopic (exact) mass is 322 g/mol. The number of ketones is 1. The smallest absolute Gasteiger partial charge is 0.195 e. The van der Waals surface area contributed by atoms with Crippen LogP contribution in [0, 0.1) is 20.8 Å². The number of benzene rings is 2. The van der Waals surface area contributed by atoms with Gasteiger partial charge in [-0.2, -0.15) is 0 Å². The zero-order valence-corrected chi connectivity index (χ0v) is 13.9. The van der Waals surface area contributed by atoms with E-state index in [-0.39, 0.29) is 5.78 Å². The Balaban J connectivity index is 2.58. The lowest BCUT2D eigenvalue weighted by molar-refractivity contribution is 0.103. The number of hydrogen-bond donors (Lipinski definition) is 0. The first-order valence-electron chi connectivity index (χ1n) is 6.50. The van der Waals surface area contributed by atoms with Gasteiger partial charge in [-0.3, -0.25) is 4.79 Å². The van der Waals surface area contributed by atoms with E-state index < -0.39 is 0 Å². The van der Waals surface area contributed by atoms with Gasteiger partial charge in [0.15, 0.2) is 5.78 Å². The third-order valence-electron chi connectivity index (χ3n) is 3.39. The summed E-state index contributed by atoms with van der Waals surface area (Å²) in [6.45, 7) is 5.85. The van der Waals surface area contributed by atoms with E-state index in [1.165, 1.54) is 7.11 Å². The molecule has 21 heavy (non-hydrogen) atoms. The maximum Gasteiger partial charge on any atom is 0.195 e. The van der Waals surface area contributed by atoms with E-state index in [2.05, 4.69) is 0 Å². The average molecular weight is 323 g/mol. The molecule has 0 atom stereocenters. The molecule has 0 heterocycles. The minimum Gasteiger partial charge on any atom is -0.495 e. The molecule has 0 aliphatic carbocycles. The van der Waals surface area contributed by atoms with Gasteiger partial charge in [-0.1, -0.05) is 40.9 Å². The summed E-state index contributed by atoms with van der Waals surface area (Å²) in [4.78, 5) is 12.8. The number of carbonyl (C=O) groups excluding carboxylic acids is 1. The topological polar surface area (TPSA) is 26.3 Å². The van der Waals surface area contributed by atoms with Crippen LogP contribution in [0.25, 0.3) is 0 Å². The van der Waals surface area contributed by atoms with Gasteiger partial charge in [0.1, 0.15) is 5.75 Å². The average Bonchev–Trinajstić information content (AvgIpc) is 2.39. The highest BCUT2D eigenvalue weighted by atomic mass is 35.5. The minimum atomic E-state index is -0.125. The summed E-state index contributed by atoms with van der Waals surface area (Å²) in [5.74, 6) is 0.329. The summed E-state index contributed by atoms with van der Waals surface area (Å²) >= 11 is 12.3. The standard InChI is InChI=1S/C17H16Cl2O2/c1-9-5-10(2)16(11(3)6-9)17(20)12-7-14(19)15(21-4)8-13(12)18/h5-8H,1-4H3. The van der Waals surface area contributed by atoms with Crippen molar-refractivity contribution in [2.75, 3.05) is 7.11 Å². The van der Waals surface area contributed by atoms with Crippen LogP contribution in [-0.4, -0.2) is 12.9 Å². The summed E-state index contributed by atoms with van der Waals surface area (Å²) in [5, 5.41) is 0.702. The molecule has 0 saturated carbocycles. The van der Waals surface area contributed by atoms with Crippen molar-refractivity contribution in [2.45, 2.75) is 20.8 Å². The van der Waals surface area contributed by atoms with Gasteiger partial charge in [-0.25, -0.2) is 0 Å². The second-order valence-corrected chi connectivity index (χ2v) is 5.88. The summed E-state index contributed by atoms with van der Waals surface area (Å²) in [6.07, 6.45) is 0. The number of hydrogen-bond acceptors (Lipinski definition) is 2. The maximum absolute atomic E-state index is 12.8. The van der Waals surface area contributed by atoms with Gasteiger partial charge in [0.25, 0.3) is 0 Å². The highest BCUT2D eigenvalue weighted by Gasteiger charge is 2.19. The summed E-state index contributed by atoms with van der Waals surface area (Å²) in [7, 11) is 1.51. The van der Waals surface area contributed by atoms with Crippen LogP contribution >= 0.6 is 23.2 Å². The molecule has 0 aromatic heterocycles. The second kappa shape index (κ2) is 6.08. The third kappa shape index (κ3) is 3.07. The Morgan fingerprint density at radius 1 is 0.952 bits per heavy atom. The Morgan fingerprint density at radius 3 is 2.05 bits per heavy atom. The molecular formula is C17H16Cl2O2. The van der Waals surface area contributed by atoms with Crippen molar-refractivity contribution in [3.63, 3.8) is 0 Å². The van der Waals surface area contributed by atoms with E-state index in [1.54, 1.807) is 12.1 Å². The Labute approximate surface area is 134 Å². The Morgan fingerprint density at radius 2 is 1.52 bits per heavy atom. The largest absolute Gasteiger partial charge is 0.495 e. The number of carbonyl (C=O) groups is 1. The van der Waals surface area contributed by atoms with Crippen LogP contribution in [0.15, 0.2) is 24.3 Å². The lowest BCUT2D eigenvalue weighted by Crippen LogP contribution is -2.08. The van der Waals surface area contributed by atoms with E-state index in [9.17, 15) is 4.79 Å². The molecule has 0 amide bonds. The molecule has 2 rings (SSSR count). The van der Waals surface area contributed by atoms with Crippen LogP contribution in [0.2, 0.25) is 10.0 Å². The molecule has 0 fully saturated rings. The highest BCUT2D eigenvalue weighted by molar-refractivity contribution is 6.37. The minimum absolute atomic E-state index is 0.125. The Hall–Kier alpha value is -1.51. The van der Waals surface area contributed by atoms with Gasteiger partial charge in [-0.15, -0.1) is 0 Å². The van der Waals surface area contributed by atoms with Crippen LogP contribution in [0.5, 0.6) is 5.75 Å². The van der Waals surface area contributed by atoms with Gasteiger partial charge in [-0.05, 0) is 38.0 Å². The number of halogens is 2. The van der Waals surface area contributed by atoms with E-state index in [1.807, 2.05) is 32.9 Å². The number of methoxy groups -OCH3 is 1. The molecule has 0 spiro atoms. The quantitative estimate of drug-likeness (QED) is 0.730. The molecule has 0 unspecified atom stereocenters. The first-order chi connectivity index (χ1) is 9.85. The van der Waals surface area contributed by atoms with Crippen molar-refractivity contribution in [3.05, 3.63) is 62.1 Å². The second-order valence-electron chi connectivity index (χ2n) is 5.07. The highest BCUT2D eigenvalue weighted by Crippen LogP contribution is 2.33. The van der Waals surface area contributed by atoms with Crippen LogP contribution in [0.4, 0.5) is 0 Å². The lowest BCUT2D eigenvalue weighted by Gasteiger charge is -2.13. The normalized spacial score (nSPS) is 10.6. The first kappa shape index (κ1) is 15.9. The molecule has 0 saturated heterocycles. The van der Waals surface area contributed by atoms with Gasteiger partial charge >= 0.3 is 0 Å². The van der Waals surface area contributed by atoms with Crippen LogP contribution in [-0.2, 0) is 0 Å². The van der Waals surface area contributed by atoms with Crippen molar-refractivity contribution in [1.29, 1.82) is 0 Å². The number of rotatable bonds is 3. The predicted octanol–water partition coefficient (Wildman–Crippen LogP) is 5.16. The predicted molar refractivity (Wildman–Crippen MR) is 87.1 cm³/mol. The van der Waals surface area contributed by atoms with E-state index in [0.717, 1.165) is 16.7 Å². The molecule has 0 N–H and O–H groups in total. The van der Waals surface area contributed by atoms with E-state index in [0.29, 0.717) is 26.9 Å². The molecule has 2 aromatic carbocycles. The maximum atomic E-state index is 12.8. The zero-order chi connectivity index (χ0) is 15.7. The summed E-state index contributed by atoms with van der Waals surface area (Å²) < 4.78 is 5.10. The van der Waals surface area contributed by atoms with Crippen molar-refractivity contribution >= 4 is 29.0 Å². The zero-order valence-electron chi connectivity index (χ0n) is 12.4. The molecule has 2 aromatic rings. The summed E-state index contributed by atoms with van der Waals surface area (Å²) in [6, 6.07) is 7.10. The van der Waals surface area contributed by atoms with Crippen molar-refractivity contribution in [1.82, 2.24) is 0 Å². The lowest BCUT2D eigenvalue weighted by atomic mass is 9.93. The molecule has 2 nitrogen and oxygen atoms in total. The molecule has 0 radical (unpaired) electrons. The van der Waals surface area contributed by atoms with Crippen LogP contribution in [0.3, 0.4) is 0 Å². The van der Waals surface area contributed by atoms with E-state index in [4.69, 9.17) is 27.9 Å². The van der Waals surface area contributed by atoms with Crippen molar-refractivity contribution in [2.24, 2.45) is 0 Å². The Bertz CT molecular complexity index is 698. The number of aryl methyl sites for hydroxylation is 3. The fourth-order valence-electron chi connectivity index (χ4n) is 2.53. The van der Waals surface area contributed by atoms with Gasteiger partial charge in [0, 0.05) is 17.2 Å². The SMILES string of the molecule is COc1cc(Cl)c(C(=O)c2c(C)cc(C)cc2C)cc1Cl. The summed E-state index contributed by atoms with van der Waals surface area (Å²) in [5.41, 5.74) is 4.04. The van der Waals surface area contributed by atoms with Crippen LogP contribution < -0.4 is 4.74 Å². The third-order valence-corrected chi connectivity index (χ3v) is 4.00. The van der Waals surface area contributed by atoms with Gasteiger partial charge in [0.05, 0.1) is 17.2 Å². The van der Waals surface area contributed by atoms with Gasteiger partial charge < -0.3 is 4.74 Å². The number of ether oxygens (including phenoxy) is 1. The fourth-order valence-corrected chi connectivity index (χ4v) is 3.01. The first-order valence-corrected chi connectivity index (χ1v) is 7.26. The molecule has 4 heteroatoms. The molecule has 0 aliphatic heterocycles. The van der Waals surface area contributed by atoms with Crippen LogP contribution in [0.1, 0.15) is 32.6 Å². The van der Waals surface area contributed by atoms with Gasteiger partial charge in [0.2, 0.25) is 0 Å². The molecule has 0 aliphatic rings. The molecule has 110 valence electrons. The van der Waals surface area contributed by atoms with Crippen molar-refractivity contribution in [3.8, 4) is 5.75 Å². The van der Waals surface area contributed by atoms with E-state index >= 15 is 0 Å².